The Bertz CT molecular complexity index is 593. The minimum absolute atomic E-state index is 0.0210. The van der Waals surface area contributed by atoms with Crippen molar-refractivity contribution in [1.29, 1.82) is 0 Å². The number of carbonyl (C=O) groups excluding carboxylic acids is 1. The fourth-order valence-corrected chi connectivity index (χ4v) is 2.73. The molecule has 1 aliphatic heterocycles. The lowest BCUT2D eigenvalue weighted by Crippen LogP contribution is -2.37. The minimum Gasteiger partial charge on any atom is -0.459 e. The van der Waals surface area contributed by atoms with Gasteiger partial charge in [-0.05, 0) is 30.5 Å². The number of carbonyl (C=O) groups is 1. The molecule has 3 rings (SSSR count). The first-order chi connectivity index (χ1) is 10.8. The minimum atomic E-state index is -0.246. The molecule has 0 atom stereocenters. The van der Waals surface area contributed by atoms with E-state index in [-0.39, 0.29) is 12.1 Å². The number of esters is 1. The third-order valence-corrected chi connectivity index (χ3v) is 3.97. The molecule has 0 saturated carbocycles. The third kappa shape index (κ3) is 3.92. The first-order valence-electron chi connectivity index (χ1n) is 7.68. The van der Waals surface area contributed by atoms with E-state index in [1.807, 2.05) is 6.07 Å². The molecule has 2 aromatic rings. The first kappa shape index (κ1) is 14.7. The van der Waals surface area contributed by atoms with Crippen LogP contribution < -0.4 is 0 Å². The van der Waals surface area contributed by atoms with Crippen molar-refractivity contribution in [2.24, 2.45) is 0 Å². The molecule has 1 aromatic carbocycles. The lowest BCUT2D eigenvalue weighted by atomic mass is 10.1. The van der Waals surface area contributed by atoms with Crippen LogP contribution in [0.3, 0.4) is 0 Å². The van der Waals surface area contributed by atoms with E-state index in [0.29, 0.717) is 5.56 Å². The van der Waals surface area contributed by atoms with Gasteiger partial charge in [0.25, 0.3) is 0 Å². The second-order valence-electron chi connectivity index (χ2n) is 5.60. The summed E-state index contributed by atoms with van der Waals surface area (Å²) in [5.74, 6) is -0.246. The molecule has 114 valence electrons. The molecular formula is C18H20N2O2. The van der Waals surface area contributed by atoms with E-state index >= 15 is 0 Å². The van der Waals surface area contributed by atoms with Gasteiger partial charge in [-0.1, -0.05) is 30.3 Å². The van der Waals surface area contributed by atoms with Gasteiger partial charge in [-0.2, -0.15) is 0 Å². The van der Waals surface area contributed by atoms with Crippen molar-refractivity contribution >= 4 is 5.97 Å². The molecule has 4 nitrogen and oxygen atoms in total. The highest BCUT2D eigenvalue weighted by molar-refractivity contribution is 5.89. The Morgan fingerprint density at radius 1 is 1.09 bits per heavy atom. The van der Waals surface area contributed by atoms with E-state index in [1.165, 1.54) is 5.56 Å². The molecule has 0 radical (unpaired) electrons. The molecule has 1 saturated heterocycles. The maximum absolute atomic E-state index is 12.0. The zero-order valence-corrected chi connectivity index (χ0v) is 12.5. The summed E-state index contributed by atoms with van der Waals surface area (Å²) >= 11 is 0. The fraction of sp³-hybridized carbons (Fsp3) is 0.333. The van der Waals surface area contributed by atoms with Crippen molar-refractivity contribution in [3.8, 4) is 0 Å². The molecule has 1 aromatic heterocycles. The molecule has 4 heteroatoms. The zero-order valence-electron chi connectivity index (χ0n) is 12.5. The highest BCUT2D eigenvalue weighted by Crippen LogP contribution is 2.17. The lowest BCUT2D eigenvalue weighted by molar-refractivity contribution is 0.0104. The second kappa shape index (κ2) is 7.18. The van der Waals surface area contributed by atoms with Crippen LogP contribution in [0, 0.1) is 0 Å². The molecule has 0 bridgehead atoms. The SMILES string of the molecule is O=C(OC1CCN(Cc2ccccc2)CC1)c1ccncc1. The number of aromatic nitrogens is 1. The summed E-state index contributed by atoms with van der Waals surface area (Å²) in [7, 11) is 0. The molecule has 2 heterocycles. The van der Waals surface area contributed by atoms with Crippen LogP contribution in [0.2, 0.25) is 0 Å². The monoisotopic (exact) mass is 296 g/mol. The second-order valence-corrected chi connectivity index (χ2v) is 5.60. The van der Waals surface area contributed by atoms with Crippen LogP contribution in [0.5, 0.6) is 0 Å². The summed E-state index contributed by atoms with van der Waals surface area (Å²) in [5, 5.41) is 0. The van der Waals surface area contributed by atoms with Crippen LogP contribution in [0.4, 0.5) is 0 Å². The van der Waals surface area contributed by atoms with E-state index in [4.69, 9.17) is 4.74 Å². The smallest absolute Gasteiger partial charge is 0.338 e. The number of rotatable bonds is 4. The number of hydrogen-bond acceptors (Lipinski definition) is 4. The number of likely N-dealkylation sites (tertiary alicyclic amines) is 1. The predicted octanol–water partition coefficient (Wildman–Crippen LogP) is 2.90. The Balaban J connectivity index is 1.47. The average Bonchev–Trinajstić information content (AvgIpc) is 2.58. The number of benzene rings is 1. The molecule has 0 amide bonds. The van der Waals surface area contributed by atoms with Crippen molar-refractivity contribution < 1.29 is 9.53 Å². The molecule has 0 unspecified atom stereocenters. The Kier molecular flexibility index (Phi) is 4.81. The van der Waals surface area contributed by atoms with E-state index in [9.17, 15) is 4.79 Å². The summed E-state index contributed by atoms with van der Waals surface area (Å²) in [6, 6.07) is 13.8. The van der Waals surface area contributed by atoms with Gasteiger partial charge in [0.15, 0.2) is 0 Å². The number of pyridine rings is 1. The van der Waals surface area contributed by atoms with Crippen LogP contribution in [0.15, 0.2) is 54.9 Å². The van der Waals surface area contributed by atoms with Gasteiger partial charge >= 0.3 is 5.97 Å². The van der Waals surface area contributed by atoms with E-state index in [0.717, 1.165) is 32.5 Å². The molecule has 0 N–H and O–H groups in total. The Morgan fingerprint density at radius 2 is 1.77 bits per heavy atom. The molecular weight excluding hydrogens is 276 g/mol. The van der Waals surface area contributed by atoms with Crippen LogP contribution in [0.25, 0.3) is 0 Å². The molecule has 0 spiro atoms. The molecule has 22 heavy (non-hydrogen) atoms. The van der Waals surface area contributed by atoms with Crippen LogP contribution >= 0.6 is 0 Å². The van der Waals surface area contributed by atoms with Gasteiger partial charge in [-0.15, -0.1) is 0 Å². The quantitative estimate of drug-likeness (QED) is 0.814. The Morgan fingerprint density at radius 3 is 2.45 bits per heavy atom. The summed E-state index contributed by atoms with van der Waals surface area (Å²) in [6.07, 6.45) is 5.03. The molecule has 0 aliphatic carbocycles. The van der Waals surface area contributed by atoms with Gasteiger partial charge in [0.1, 0.15) is 6.10 Å². The van der Waals surface area contributed by atoms with Gasteiger partial charge in [0, 0.05) is 32.0 Å². The van der Waals surface area contributed by atoms with Crippen LogP contribution in [0.1, 0.15) is 28.8 Å². The van der Waals surface area contributed by atoms with Gasteiger partial charge in [0.2, 0.25) is 0 Å². The van der Waals surface area contributed by atoms with Crippen molar-refractivity contribution in [2.45, 2.75) is 25.5 Å². The summed E-state index contributed by atoms with van der Waals surface area (Å²) < 4.78 is 5.58. The van der Waals surface area contributed by atoms with Crippen LogP contribution in [-0.2, 0) is 11.3 Å². The van der Waals surface area contributed by atoms with Crippen LogP contribution in [-0.4, -0.2) is 35.0 Å². The molecule has 1 fully saturated rings. The third-order valence-electron chi connectivity index (χ3n) is 3.97. The lowest BCUT2D eigenvalue weighted by Gasteiger charge is -2.31. The number of piperidine rings is 1. The van der Waals surface area contributed by atoms with Gasteiger partial charge in [0.05, 0.1) is 5.56 Å². The summed E-state index contributed by atoms with van der Waals surface area (Å²) in [5.41, 5.74) is 1.90. The average molecular weight is 296 g/mol. The first-order valence-corrected chi connectivity index (χ1v) is 7.68. The topological polar surface area (TPSA) is 42.4 Å². The standard InChI is InChI=1S/C18H20N2O2/c21-18(16-6-10-19-11-7-16)22-17-8-12-20(13-9-17)14-15-4-2-1-3-5-15/h1-7,10-11,17H,8-9,12-14H2. The maximum atomic E-state index is 12.0. The predicted molar refractivity (Wildman–Crippen MR) is 84.4 cm³/mol. The van der Waals surface area contributed by atoms with Gasteiger partial charge < -0.3 is 4.74 Å². The zero-order chi connectivity index (χ0) is 15.2. The maximum Gasteiger partial charge on any atom is 0.338 e. The van der Waals surface area contributed by atoms with Crippen molar-refractivity contribution in [3.05, 3.63) is 66.0 Å². The summed E-state index contributed by atoms with van der Waals surface area (Å²) in [4.78, 5) is 18.3. The Hall–Kier alpha value is -2.20. The largest absolute Gasteiger partial charge is 0.459 e. The van der Waals surface area contributed by atoms with Crippen molar-refractivity contribution in [3.63, 3.8) is 0 Å². The van der Waals surface area contributed by atoms with E-state index in [1.54, 1.807) is 24.5 Å². The Labute approximate surface area is 130 Å². The normalized spacial score (nSPS) is 16.4. The highest BCUT2D eigenvalue weighted by Gasteiger charge is 2.22. The fourth-order valence-electron chi connectivity index (χ4n) is 2.73. The number of ether oxygens (including phenoxy) is 1. The highest BCUT2D eigenvalue weighted by atomic mass is 16.5. The van der Waals surface area contributed by atoms with E-state index in [2.05, 4.69) is 34.1 Å². The number of nitrogens with zero attached hydrogens (tertiary/aromatic N) is 2. The summed E-state index contributed by atoms with van der Waals surface area (Å²) in [6.45, 7) is 2.89. The number of hydrogen-bond donors (Lipinski definition) is 0. The molecule has 1 aliphatic rings. The van der Waals surface area contributed by atoms with E-state index < -0.39 is 0 Å². The van der Waals surface area contributed by atoms with Crippen molar-refractivity contribution in [1.82, 2.24) is 9.88 Å². The van der Waals surface area contributed by atoms with Gasteiger partial charge in [-0.25, -0.2) is 4.79 Å². The van der Waals surface area contributed by atoms with Gasteiger partial charge in [-0.3, -0.25) is 9.88 Å². The van der Waals surface area contributed by atoms with Crippen molar-refractivity contribution in [2.75, 3.05) is 13.1 Å².